The Bertz CT molecular complexity index is 319. The van der Waals surface area contributed by atoms with Crippen molar-refractivity contribution in [3.63, 3.8) is 0 Å². The van der Waals surface area contributed by atoms with Gasteiger partial charge in [0.2, 0.25) is 0 Å². The predicted octanol–water partition coefficient (Wildman–Crippen LogP) is 0.926. The van der Waals surface area contributed by atoms with E-state index in [-0.39, 0.29) is 0 Å². The number of sulfone groups is 1. The third-order valence-electron chi connectivity index (χ3n) is 1.17. The third-order valence-corrected chi connectivity index (χ3v) is 2.30. The first-order valence-corrected chi connectivity index (χ1v) is 5.75. The Hall–Kier alpha value is -0.870. The Kier molecular flexibility index (Phi) is 5.34. The molecule has 0 aliphatic carbocycles. The molecule has 4 heteroatoms. The fourth-order valence-electron chi connectivity index (χ4n) is 0.668. The van der Waals surface area contributed by atoms with E-state index in [2.05, 4.69) is 5.32 Å². The minimum Gasteiger partial charge on any atom is -0.323 e. The minimum atomic E-state index is -3.00. The number of nitrogens with one attached hydrogen (secondary N) is 1. The molecule has 0 heterocycles. The van der Waals surface area contributed by atoms with E-state index in [1.54, 1.807) is 30.3 Å². The second kappa shape index (κ2) is 5.72. The summed E-state index contributed by atoms with van der Waals surface area (Å²) in [5, 5.41) is 2.75. The Morgan fingerprint density at radius 1 is 1.08 bits per heavy atom. The van der Waals surface area contributed by atoms with Crippen molar-refractivity contribution in [2.24, 2.45) is 0 Å². The molecule has 0 aliphatic heterocycles. The van der Waals surface area contributed by atoms with E-state index in [1.165, 1.54) is 6.26 Å². The molecule has 1 aromatic carbocycles. The molecule has 0 aromatic heterocycles. The van der Waals surface area contributed by atoms with E-state index in [1.807, 2.05) is 14.1 Å². The maximum Gasteiger partial charge on any atom is 0.175 e. The van der Waals surface area contributed by atoms with Gasteiger partial charge in [0.1, 0.15) is 0 Å². The summed E-state index contributed by atoms with van der Waals surface area (Å²) in [4.78, 5) is 0.370. The van der Waals surface area contributed by atoms with Crippen molar-refractivity contribution in [2.45, 2.75) is 4.90 Å². The van der Waals surface area contributed by atoms with Crippen molar-refractivity contribution in [2.75, 3.05) is 20.4 Å². The average Bonchev–Trinajstić information content (AvgIpc) is 2.06. The van der Waals surface area contributed by atoms with Crippen LogP contribution in [0, 0.1) is 0 Å². The highest BCUT2D eigenvalue weighted by Crippen LogP contribution is 2.05. The van der Waals surface area contributed by atoms with Crippen molar-refractivity contribution in [1.29, 1.82) is 0 Å². The molecule has 1 aromatic rings. The smallest absolute Gasteiger partial charge is 0.175 e. The van der Waals surface area contributed by atoms with Crippen LogP contribution in [0.25, 0.3) is 0 Å². The zero-order valence-electron chi connectivity index (χ0n) is 8.11. The maximum atomic E-state index is 10.8. The third kappa shape index (κ3) is 5.38. The van der Waals surface area contributed by atoms with E-state index >= 15 is 0 Å². The summed E-state index contributed by atoms with van der Waals surface area (Å²) in [5.41, 5.74) is 0. The van der Waals surface area contributed by atoms with Crippen molar-refractivity contribution in [3.05, 3.63) is 30.3 Å². The van der Waals surface area contributed by atoms with Gasteiger partial charge in [0.05, 0.1) is 4.90 Å². The molecule has 0 saturated heterocycles. The largest absolute Gasteiger partial charge is 0.323 e. The molecule has 0 unspecified atom stereocenters. The highest BCUT2D eigenvalue weighted by molar-refractivity contribution is 7.90. The van der Waals surface area contributed by atoms with Crippen LogP contribution in [0.1, 0.15) is 0 Å². The summed E-state index contributed by atoms with van der Waals surface area (Å²) in [7, 11) is 0.747. The van der Waals surface area contributed by atoms with E-state index < -0.39 is 9.84 Å². The van der Waals surface area contributed by atoms with E-state index in [0.717, 1.165) is 0 Å². The summed E-state index contributed by atoms with van der Waals surface area (Å²) < 4.78 is 21.7. The van der Waals surface area contributed by atoms with Gasteiger partial charge in [-0.15, -0.1) is 0 Å². The summed E-state index contributed by atoms with van der Waals surface area (Å²) in [6, 6.07) is 8.35. The molecule has 1 rings (SSSR count). The molecule has 0 spiro atoms. The Labute approximate surface area is 79.7 Å². The van der Waals surface area contributed by atoms with Crippen LogP contribution in [0.3, 0.4) is 0 Å². The van der Waals surface area contributed by atoms with Crippen LogP contribution in [0.15, 0.2) is 35.2 Å². The van der Waals surface area contributed by atoms with Crippen LogP contribution >= 0.6 is 0 Å². The molecule has 0 fully saturated rings. The minimum absolute atomic E-state index is 0.370. The van der Waals surface area contributed by atoms with Crippen molar-refractivity contribution >= 4 is 9.84 Å². The second-order valence-electron chi connectivity index (χ2n) is 2.59. The SMILES string of the molecule is CNC.CS(=O)(=O)c1ccccc1. The molecule has 0 radical (unpaired) electrons. The fraction of sp³-hybridized carbons (Fsp3) is 0.333. The molecule has 0 atom stereocenters. The van der Waals surface area contributed by atoms with Crippen LogP contribution in [0.5, 0.6) is 0 Å². The normalized spacial score (nSPS) is 10.1. The highest BCUT2D eigenvalue weighted by Gasteiger charge is 2.02. The molecule has 0 amide bonds. The van der Waals surface area contributed by atoms with Crippen LogP contribution in [0.4, 0.5) is 0 Å². The van der Waals surface area contributed by atoms with Gasteiger partial charge >= 0.3 is 0 Å². The van der Waals surface area contributed by atoms with Crippen molar-refractivity contribution in [3.8, 4) is 0 Å². The number of rotatable bonds is 1. The topological polar surface area (TPSA) is 46.2 Å². The number of hydrogen-bond donors (Lipinski definition) is 1. The lowest BCUT2D eigenvalue weighted by molar-refractivity contribution is 0.602. The summed E-state index contributed by atoms with van der Waals surface area (Å²) in [6.07, 6.45) is 1.20. The molecule has 74 valence electrons. The second-order valence-corrected chi connectivity index (χ2v) is 4.60. The maximum absolute atomic E-state index is 10.8. The lowest BCUT2D eigenvalue weighted by atomic mass is 10.4. The predicted molar refractivity (Wildman–Crippen MR) is 54.5 cm³/mol. The first kappa shape index (κ1) is 12.1. The van der Waals surface area contributed by atoms with Crippen LogP contribution in [-0.4, -0.2) is 28.8 Å². The summed E-state index contributed by atoms with van der Waals surface area (Å²) in [5.74, 6) is 0. The van der Waals surface area contributed by atoms with Crippen molar-refractivity contribution < 1.29 is 8.42 Å². The zero-order valence-corrected chi connectivity index (χ0v) is 8.93. The van der Waals surface area contributed by atoms with Gasteiger partial charge in [0.25, 0.3) is 0 Å². The van der Waals surface area contributed by atoms with Gasteiger partial charge in [0, 0.05) is 6.26 Å². The van der Waals surface area contributed by atoms with Crippen LogP contribution in [-0.2, 0) is 9.84 Å². The van der Waals surface area contributed by atoms with Gasteiger partial charge in [-0.25, -0.2) is 8.42 Å². The zero-order chi connectivity index (χ0) is 10.3. The molecule has 1 N–H and O–H groups in total. The van der Waals surface area contributed by atoms with Gasteiger partial charge in [0.15, 0.2) is 9.84 Å². The van der Waals surface area contributed by atoms with Gasteiger partial charge < -0.3 is 5.32 Å². The monoisotopic (exact) mass is 201 g/mol. The van der Waals surface area contributed by atoms with Gasteiger partial charge in [-0.05, 0) is 26.2 Å². The van der Waals surface area contributed by atoms with E-state index in [0.29, 0.717) is 4.90 Å². The molecule has 0 aliphatic rings. The highest BCUT2D eigenvalue weighted by atomic mass is 32.2. The first-order chi connectivity index (χ1) is 6.02. The Morgan fingerprint density at radius 2 is 1.46 bits per heavy atom. The standard InChI is InChI=1S/C7H8O2S.C2H7N/c1-10(8,9)7-5-3-2-4-6-7;1-3-2/h2-6H,1H3;3H,1-2H3. The molecule has 13 heavy (non-hydrogen) atoms. The quantitative estimate of drug-likeness (QED) is 0.735. The number of benzene rings is 1. The molecular formula is C9H15NO2S. The lowest BCUT2D eigenvalue weighted by Crippen LogP contribution is -1.95. The summed E-state index contributed by atoms with van der Waals surface area (Å²) in [6.45, 7) is 0. The fourth-order valence-corrected chi connectivity index (χ4v) is 1.32. The molecule has 3 nitrogen and oxygen atoms in total. The average molecular weight is 201 g/mol. The van der Waals surface area contributed by atoms with Crippen LogP contribution in [0.2, 0.25) is 0 Å². The molecule has 0 saturated carbocycles. The van der Waals surface area contributed by atoms with Gasteiger partial charge in [-0.3, -0.25) is 0 Å². The van der Waals surface area contributed by atoms with E-state index in [9.17, 15) is 8.42 Å². The number of hydrogen-bond acceptors (Lipinski definition) is 3. The van der Waals surface area contributed by atoms with Gasteiger partial charge in [-0.1, -0.05) is 18.2 Å². The molecular weight excluding hydrogens is 186 g/mol. The Morgan fingerprint density at radius 3 is 1.69 bits per heavy atom. The van der Waals surface area contributed by atoms with Gasteiger partial charge in [-0.2, -0.15) is 0 Å². The first-order valence-electron chi connectivity index (χ1n) is 3.86. The summed E-state index contributed by atoms with van der Waals surface area (Å²) >= 11 is 0. The molecule has 0 bridgehead atoms. The van der Waals surface area contributed by atoms with Crippen LogP contribution < -0.4 is 5.32 Å². The Balaban J connectivity index is 0.000000424. The van der Waals surface area contributed by atoms with E-state index in [4.69, 9.17) is 0 Å². The lowest BCUT2D eigenvalue weighted by Gasteiger charge is -1.93. The van der Waals surface area contributed by atoms with Crippen molar-refractivity contribution in [1.82, 2.24) is 5.32 Å².